The van der Waals surface area contributed by atoms with Gasteiger partial charge in [0.25, 0.3) is 0 Å². The van der Waals surface area contributed by atoms with Gasteiger partial charge in [-0.05, 0) is 30.2 Å². The van der Waals surface area contributed by atoms with Gasteiger partial charge in [0.05, 0.1) is 5.56 Å². The highest BCUT2D eigenvalue weighted by atomic mass is 16.4. The molecular weight excluding hydrogens is 400 g/mol. The van der Waals surface area contributed by atoms with Gasteiger partial charge in [-0.3, -0.25) is 4.79 Å². The van der Waals surface area contributed by atoms with E-state index in [1.807, 2.05) is 83.6 Å². The second-order valence-corrected chi connectivity index (χ2v) is 7.55. The van der Waals surface area contributed by atoms with Crippen LogP contribution in [0.5, 0.6) is 0 Å². The van der Waals surface area contributed by atoms with Crippen LogP contribution >= 0.6 is 0 Å². The van der Waals surface area contributed by atoms with E-state index in [-0.39, 0.29) is 12.5 Å². The number of hydrogen-bond acceptors (Lipinski definition) is 4. The van der Waals surface area contributed by atoms with Gasteiger partial charge in [-0.2, -0.15) is 0 Å². The minimum Gasteiger partial charge on any atom is -0.416 e. The van der Waals surface area contributed by atoms with Crippen LogP contribution in [0.3, 0.4) is 0 Å². The number of para-hydroxylation sites is 1. The molecule has 32 heavy (non-hydrogen) atoms. The van der Waals surface area contributed by atoms with E-state index in [4.69, 9.17) is 4.42 Å². The van der Waals surface area contributed by atoms with Gasteiger partial charge < -0.3 is 14.3 Å². The molecular formula is C26H22N4O2. The molecule has 0 atom stereocenters. The average molecular weight is 422 g/mol. The molecule has 0 aliphatic rings. The quantitative estimate of drug-likeness (QED) is 0.412. The lowest BCUT2D eigenvalue weighted by molar-refractivity contribution is -0.121. The minimum absolute atomic E-state index is 0.0382. The zero-order valence-corrected chi connectivity index (χ0v) is 17.4. The summed E-state index contributed by atoms with van der Waals surface area (Å²) in [7, 11) is 0. The van der Waals surface area contributed by atoms with E-state index in [1.165, 1.54) is 5.56 Å². The normalized spacial score (nSPS) is 11.0. The highest BCUT2D eigenvalue weighted by molar-refractivity contribution is 5.95. The Bertz CT molecular complexity index is 1340. The van der Waals surface area contributed by atoms with Crippen LogP contribution in [-0.2, 0) is 17.8 Å². The first-order valence-corrected chi connectivity index (χ1v) is 10.6. The second-order valence-electron chi connectivity index (χ2n) is 7.55. The topological polar surface area (TPSA) is 73.0 Å². The summed E-state index contributed by atoms with van der Waals surface area (Å²) in [5, 5.41) is 12.4. The summed E-state index contributed by atoms with van der Waals surface area (Å²) in [4.78, 5) is 12.6. The maximum atomic E-state index is 12.6. The van der Waals surface area contributed by atoms with Crippen molar-refractivity contribution in [3.8, 4) is 22.9 Å². The fourth-order valence-electron chi connectivity index (χ4n) is 3.78. The summed E-state index contributed by atoms with van der Waals surface area (Å²) in [6.07, 6.45) is 2.71. The van der Waals surface area contributed by atoms with Crippen molar-refractivity contribution in [2.75, 3.05) is 6.54 Å². The first-order valence-electron chi connectivity index (χ1n) is 10.6. The summed E-state index contributed by atoms with van der Waals surface area (Å²) >= 11 is 0. The van der Waals surface area contributed by atoms with E-state index in [0.717, 1.165) is 28.5 Å². The number of hydrogen-bond donors (Lipinski definition) is 1. The molecule has 0 radical (unpaired) electrons. The lowest BCUT2D eigenvalue weighted by Gasteiger charge is -2.07. The van der Waals surface area contributed by atoms with Gasteiger partial charge in [0.15, 0.2) is 0 Å². The number of rotatable bonds is 7. The first kappa shape index (κ1) is 19.8. The van der Waals surface area contributed by atoms with Crippen LogP contribution in [0, 0.1) is 0 Å². The second kappa shape index (κ2) is 8.89. The average Bonchev–Trinajstić information content (AvgIpc) is 3.46. The number of carbonyl (C=O) groups is 1. The monoisotopic (exact) mass is 422 g/mol. The number of nitrogens with zero attached hydrogens (tertiary/aromatic N) is 3. The SMILES string of the molecule is O=C(Cn1cc(-c2nnc(-c3ccccc3)o2)c2ccccc21)NCCc1ccccc1. The Morgan fingerprint density at radius 2 is 1.53 bits per heavy atom. The minimum atomic E-state index is -0.0382. The molecule has 6 heteroatoms. The van der Waals surface area contributed by atoms with Gasteiger partial charge in [-0.25, -0.2) is 0 Å². The van der Waals surface area contributed by atoms with E-state index in [2.05, 4.69) is 27.6 Å². The van der Waals surface area contributed by atoms with Gasteiger partial charge in [0.2, 0.25) is 17.7 Å². The van der Waals surface area contributed by atoms with Crippen LogP contribution in [0.15, 0.2) is 95.5 Å². The molecule has 0 aliphatic heterocycles. The van der Waals surface area contributed by atoms with Crippen molar-refractivity contribution >= 4 is 16.8 Å². The molecule has 0 bridgehead atoms. The van der Waals surface area contributed by atoms with E-state index < -0.39 is 0 Å². The zero-order chi connectivity index (χ0) is 21.8. The predicted molar refractivity (Wildman–Crippen MR) is 124 cm³/mol. The molecule has 0 spiro atoms. The molecule has 2 aromatic heterocycles. The van der Waals surface area contributed by atoms with Crippen molar-refractivity contribution in [3.63, 3.8) is 0 Å². The van der Waals surface area contributed by atoms with Gasteiger partial charge in [-0.1, -0.05) is 66.7 Å². The van der Waals surface area contributed by atoms with Crippen LogP contribution < -0.4 is 5.32 Å². The number of aromatic nitrogens is 3. The van der Waals surface area contributed by atoms with Gasteiger partial charge in [0.1, 0.15) is 6.54 Å². The molecule has 0 aliphatic carbocycles. The number of amides is 1. The number of benzene rings is 3. The molecule has 158 valence electrons. The van der Waals surface area contributed by atoms with Crippen molar-refractivity contribution in [1.82, 2.24) is 20.1 Å². The highest BCUT2D eigenvalue weighted by Gasteiger charge is 2.17. The van der Waals surface area contributed by atoms with Gasteiger partial charge in [-0.15, -0.1) is 10.2 Å². The van der Waals surface area contributed by atoms with Crippen molar-refractivity contribution in [2.24, 2.45) is 0 Å². The molecule has 0 unspecified atom stereocenters. The summed E-state index contributed by atoms with van der Waals surface area (Å²) in [5.74, 6) is 0.864. The van der Waals surface area contributed by atoms with E-state index in [0.29, 0.717) is 18.3 Å². The van der Waals surface area contributed by atoms with Crippen molar-refractivity contribution < 1.29 is 9.21 Å². The smallest absolute Gasteiger partial charge is 0.250 e. The highest BCUT2D eigenvalue weighted by Crippen LogP contribution is 2.31. The molecule has 6 nitrogen and oxygen atoms in total. The summed E-state index contributed by atoms with van der Waals surface area (Å²) in [5.41, 5.74) is 3.83. The van der Waals surface area contributed by atoms with Gasteiger partial charge in [0, 0.05) is 29.2 Å². The first-order chi connectivity index (χ1) is 15.8. The Kier molecular flexibility index (Phi) is 5.49. The Labute approximate surface area is 185 Å². The van der Waals surface area contributed by atoms with Gasteiger partial charge >= 0.3 is 0 Å². The van der Waals surface area contributed by atoms with E-state index in [1.54, 1.807) is 0 Å². The largest absolute Gasteiger partial charge is 0.416 e. The summed E-state index contributed by atoms with van der Waals surface area (Å²) in [6.45, 7) is 0.813. The Balaban J connectivity index is 1.35. The lowest BCUT2D eigenvalue weighted by Crippen LogP contribution is -2.29. The molecule has 0 saturated carbocycles. The van der Waals surface area contributed by atoms with Crippen LogP contribution in [0.25, 0.3) is 33.8 Å². The van der Waals surface area contributed by atoms with E-state index in [9.17, 15) is 4.79 Å². The van der Waals surface area contributed by atoms with Crippen molar-refractivity contribution in [3.05, 3.63) is 96.7 Å². The van der Waals surface area contributed by atoms with Crippen molar-refractivity contribution in [1.29, 1.82) is 0 Å². The Morgan fingerprint density at radius 1 is 0.844 bits per heavy atom. The third-order valence-corrected chi connectivity index (χ3v) is 5.36. The molecule has 0 saturated heterocycles. The number of carbonyl (C=O) groups excluding carboxylic acids is 1. The van der Waals surface area contributed by atoms with Crippen LogP contribution in [0.1, 0.15) is 5.56 Å². The summed E-state index contributed by atoms with van der Waals surface area (Å²) in [6, 6.07) is 27.7. The third-order valence-electron chi connectivity index (χ3n) is 5.36. The molecule has 1 N–H and O–H groups in total. The fourth-order valence-corrected chi connectivity index (χ4v) is 3.78. The molecule has 1 amide bonds. The molecule has 3 aromatic carbocycles. The molecule has 5 rings (SSSR count). The number of fused-ring (bicyclic) bond motifs is 1. The summed E-state index contributed by atoms with van der Waals surface area (Å²) < 4.78 is 7.89. The predicted octanol–water partition coefficient (Wildman–Crippen LogP) is 4.72. The van der Waals surface area contributed by atoms with Crippen LogP contribution in [0.4, 0.5) is 0 Å². The Morgan fingerprint density at radius 3 is 2.34 bits per heavy atom. The molecule has 0 fully saturated rings. The van der Waals surface area contributed by atoms with Crippen LogP contribution in [0.2, 0.25) is 0 Å². The molecule has 2 heterocycles. The third kappa shape index (κ3) is 4.16. The fraction of sp³-hybridized carbons (Fsp3) is 0.115. The molecule has 5 aromatic rings. The number of nitrogens with one attached hydrogen (secondary N) is 1. The maximum Gasteiger partial charge on any atom is 0.250 e. The van der Waals surface area contributed by atoms with Crippen molar-refractivity contribution in [2.45, 2.75) is 13.0 Å². The lowest BCUT2D eigenvalue weighted by atomic mass is 10.1. The maximum absolute atomic E-state index is 12.6. The Hall–Kier alpha value is -4.19. The van der Waals surface area contributed by atoms with E-state index >= 15 is 0 Å². The zero-order valence-electron chi connectivity index (χ0n) is 17.4. The van der Waals surface area contributed by atoms with Crippen LogP contribution in [-0.4, -0.2) is 27.2 Å². The standard InChI is InChI=1S/C26H22N4O2/c31-24(27-16-15-19-9-3-1-4-10-19)18-30-17-22(21-13-7-8-14-23(21)30)26-29-28-25(32-26)20-11-5-2-6-12-20/h1-14,17H,15-16,18H2,(H,27,31).